The van der Waals surface area contributed by atoms with E-state index in [9.17, 15) is 9.59 Å². The minimum atomic E-state index is -0.202. The summed E-state index contributed by atoms with van der Waals surface area (Å²) in [5, 5.41) is 0. The van der Waals surface area contributed by atoms with Crippen LogP contribution in [0.1, 0.15) is 47.9 Å². The molecule has 1 rings (SSSR count). The molecular formula is C21H29N3O2. The van der Waals surface area contributed by atoms with E-state index in [4.69, 9.17) is 0 Å². The predicted molar refractivity (Wildman–Crippen MR) is 108 cm³/mol. The number of amides is 1. The molecule has 0 N–H and O–H groups in total. The van der Waals surface area contributed by atoms with Crippen LogP contribution in [0.2, 0.25) is 0 Å². The Morgan fingerprint density at radius 3 is 2.38 bits per heavy atom. The van der Waals surface area contributed by atoms with Gasteiger partial charge >= 0.3 is 0 Å². The molecule has 5 heteroatoms. The van der Waals surface area contributed by atoms with Crippen molar-refractivity contribution in [2.45, 2.75) is 27.2 Å². The molecule has 5 nitrogen and oxygen atoms in total. The van der Waals surface area contributed by atoms with Gasteiger partial charge in [-0.15, -0.1) is 0 Å². The second-order valence-electron chi connectivity index (χ2n) is 6.44. The number of nitrogens with zero attached hydrogens (tertiary/aromatic N) is 3. The summed E-state index contributed by atoms with van der Waals surface area (Å²) in [5.41, 5.74) is 3.81. The Balaban J connectivity index is 3.09. The quantitative estimate of drug-likeness (QED) is 0.526. The molecule has 0 spiro atoms. The van der Waals surface area contributed by atoms with Gasteiger partial charge in [0.05, 0.1) is 17.8 Å². The molecule has 0 saturated heterocycles. The van der Waals surface area contributed by atoms with E-state index in [1.54, 1.807) is 42.4 Å². The van der Waals surface area contributed by atoms with Crippen LogP contribution in [-0.2, 0) is 0 Å². The zero-order valence-electron chi connectivity index (χ0n) is 16.6. The van der Waals surface area contributed by atoms with Crippen molar-refractivity contribution < 1.29 is 9.59 Å². The number of allylic oxidation sites excluding steroid dienone is 3. The Bertz CT molecular complexity index is 731. The first-order chi connectivity index (χ1) is 12.3. The van der Waals surface area contributed by atoms with Gasteiger partial charge in [0.15, 0.2) is 6.29 Å². The predicted octanol–water partition coefficient (Wildman–Crippen LogP) is 3.79. The molecule has 26 heavy (non-hydrogen) atoms. The summed E-state index contributed by atoms with van der Waals surface area (Å²) in [5.74, 6) is -0.202. The maximum Gasteiger partial charge on any atom is 0.254 e. The fraction of sp³-hybridized carbons (Fsp3) is 0.381. The van der Waals surface area contributed by atoms with Crippen molar-refractivity contribution >= 4 is 18.4 Å². The molecule has 0 aromatic heterocycles. The lowest BCUT2D eigenvalue weighted by Crippen LogP contribution is -2.30. The summed E-state index contributed by atoms with van der Waals surface area (Å²) in [6.07, 6.45) is 5.43. The Morgan fingerprint density at radius 2 is 1.81 bits per heavy atom. The lowest BCUT2D eigenvalue weighted by molar-refractivity contribution is 0.0802. The van der Waals surface area contributed by atoms with Gasteiger partial charge in [-0.2, -0.15) is 0 Å². The van der Waals surface area contributed by atoms with Crippen LogP contribution >= 0.6 is 0 Å². The average Bonchev–Trinajstić information content (AvgIpc) is 2.65. The number of benzene rings is 1. The summed E-state index contributed by atoms with van der Waals surface area (Å²) in [4.78, 5) is 32.1. The maximum absolute atomic E-state index is 12.7. The van der Waals surface area contributed by atoms with Crippen molar-refractivity contribution in [3.63, 3.8) is 0 Å². The van der Waals surface area contributed by atoms with Gasteiger partial charge in [-0.1, -0.05) is 30.7 Å². The highest BCUT2D eigenvalue weighted by Crippen LogP contribution is 2.14. The van der Waals surface area contributed by atoms with E-state index in [0.717, 1.165) is 17.8 Å². The fourth-order valence-electron chi connectivity index (χ4n) is 2.18. The third kappa shape index (κ3) is 5.99. The minimum Gasteiger partial charge on any atom is -0.380 e. The molecule has 0 radical (unpaired) electrons. The van der Waals surface area contributed by atoms with E-state index in [-0.39, 0.29) is 5.91 Å². The van der Waals surface area contributed by atoms with Gasteiger partial charge in [0, 0.05) is 38.6 Å². The third-order valence-electron chi connectivity index (χ3n) is 4.29. The van der Waals surface area contributed by atoms with Crippen LogP contribution in [0.3, 0.4) is 0 Å². The molecule has 0 heterocycles. The van der Waals surface area contributed by atoms with Crippen molar-refractivity contribution in [2.24, 2.45) is 4.99 Å². The highest BCUT2D eigenvalue weighted by Gasteiger charge is 2.17. The zero-order valence-corrected chi connectivity index (χ0v) is 16.6. The lowest BCUT2D eigenvalue weighted by atomic mass is 10.1. The van der Waals surface area contributed by atoms with Crippen LogP contribution in [0.15, 0.2) is 52.3 Å². The first-order valence-corrected chi connectivity index (χ1v) is 8.68. The fourth-order valence-corrected chi connectivity index (χ4v) is 2.18. The van der Waals surface area contributed by atoms with Crippen LogP contribution in [0.4, 0.5) is 0 Å². The summed E-state index contributed by atoms with van der Waals surface area (Å²) < 4.78 is 0. The van der Waals surface area contributed by atoms with Crippen LogP contribution in [-0.4, -0.2) is 55.9 Å². The number of carbonyl (C=O) groups excluding carboxylic acids is 2. The summed E-state index contributed by atoms with van der Waals surface area (Å²) in [7, 11) is 5.61. The molecule has 0 aliphatic heterocycles. The number of hydrogen-bond donors (Lipinski definition) is 0. The van der Waals surface area contributed by atoms with Crippen molar-refractivity contribution in [1.29, 1.82) is 0 Å². The standard InChI is InChI=1S/C21H29N3O2/c1-7-16(2)12-13-22-20(17(3)23(4)5)14-24(6)21(26)19-11-9-8-10-18(19)15-25/h8-13,15H,7,14H2,1-6H3/b16-12+,20-17+,22-13-. The zero-order chi connectivity index (χ0) is 19.7. The van der Waals surface area contributed by atoms with Crippen molar-refractivity contribution in [1.82, 2.24) is 9.80 Å². The third-order valence-corrected chi connectivity index (χ3v) is 4.29. The molecule has 0 bridgehead atoms. The Morgan fingerprint density at radius 1 is 1.15 bits per heavy atom. The lowest BCUT2D eigenvalue weighted by Gasteiger charge is -2.22. The molecular weight excluding hydrogens is 326 g/mol. The number of likely N-dealkylation sites (N-methyl/N-ethyl adjacent to an activating group) is 1. The van der Waals surface area contributed by atoms with E-state index < -0.39 is 0 Å². The summed E-state index contributed by atoms with van der Waals surface area (Å²) in [6.45, 7) is 6.48. The molecule has 1 aromatic rings. The van der Waals surface area contributed by atoms with Crippen molar-refractivity contribution in [2.75, 3.05) is 27.7 Å². The van der Waals surface area contributed by atoms with Gasteiger partial charge in [-0.3, -0.25) is 14.6 Å². The van der Waals surface area contributed by atoms with E-state index in [1.807, 2.05) is 32.0 Å². The minimum absolute atomic E-state index is 0.202. The highest BCUT2D eigenvalue weighted by molar-refractivity contribution is 6.01. The molecule has 0 atom stereocenters. The largest absolute Gasteiger partial charge is 0.380 e. The van der Waals surface area contributed by atoms with Gasteiger partial charge in [0.2, 0.25) is 0 Å². The topological polar surface area (TPSA) is 53.0 Å². The van der Waals surface area contributed by atoms with Gasteiger partial charge < -0.3 is 9.80 Å². The van der Waals surface area contributed by atoms with E-state index in [0.29, 0.717) is 24.0 Å². The van der Waals surface area contributed by atoms with Gasteiger partial charge in [-0.25, -0.2) is 0 Å². The smallest absolute Gasteiger partial charge is 0.254 e. The van der Waals surface area contributed by atoms with Gasteiger partial charge in [0.1, 0.15) is 0 Å². The number of hydrogen-bond acceptors (Lipinski definition) is 4. The Kier molecular flexibility index (Phi) is 8.49. The van der Waals surface area contributed by atoms with Crippen LogP contribution in [0.5, 0.6) is 0 Å². The number of rotatable bonds is 8. The molecule has 0 fully saturated rings. The second kappa shape index (κ2) is 10.3. The summed E-state index contributed by atoms with van der Waals surface area (Å²) in [6, 6.07) is 6.81. The monoisotopic (exact) mass is 355 g/mol. The molecule has 1 amide bonds. The normalized spacial score (nSPS) is 12.8. The molecule has 0 aliphatic carbocycles. The molecule has 0 unspecified atom stereocenters. The van der Waals surface area contributed by atoms with Crippen molar-refractivity contribution in [3.8, 4) is 0 Å². The Hall–Kier alpha value is -2.69. The van der Waals surface area contributed by atoms with Gasteiger partial charge in [-0.05, 0) is 32.4 Å². The van der Waals surface area contributed by atoms with E-state index in [2.05, 4.69) is 18.8 Å². The van der Waals surface area contributed by atoms with Crippen LogP contribution < -0.4 is 0 Å². The molecule has 140 valence electrons. The number of aliphatic imine (C=N–C) groups is 1. The highest BCUT2D eigenvalue weighted by atomic mass is 16.2. The van der Waals surface area contributed by atoms with Gasteiger partial charge in [0.25, 0.3) is 5.91 Å². The maximum atomic E-state index is 12.7. The van der Waals surface area contributed by atoms with Crippen molar-refractivity contribution in [3.05, 3.63) is 58.4 Å². The summed E-state index contributed by atoms with van der Waals surface area (Å²) >= 11 is 0. The van der Waals surface area contributed by atoms with Crippen LogP contribution in [0.25, 0.3) is 0 Å². The van der Waals surface area contributed by atoms with Crippen LogP contribution in [0, 0.1) is 0 Å². The Labute approximate surface area is 156 Å². The number of aldehydes is 1. The van der Waals surface area contributed by atoms with E-state index >= 15 is 0 Å². The average molecular weight is 355 g/mol. The SMILES string of the molecule is CC/C(C)=C/C=N\C(CN(C)C(=O)c1ccccc1C=O)=C(/C)N(C)C. The first-order valence-electron chi connectivity index (χ1n) is 8.68. The molecule has 1 aromatic carbocycles. The molecule has 0 aliphatic rings. The first kappa shape index (κ1) is 21.4. The van der Waals surface area contributed by atoms with E-state index in [1.165, 1.54) is 5.57 Å². The number of carbonyl (C=O) groups is 2. The molecule has 0 saturated carbocycles. The second-order valence-corrected chi connectivity index (χ2v) is 6.44.